The maximum Gasteiger partial charge on any atom is 0.225 e. The zero-order chi connectivity index (χ0) is 17.8. The van der Waals surface area contributed by atoms with Crippen molar-refractivity contribution in [2.75, 3.05) is 0 Å². The van der Waals surface area contributed by atoms with E-state index in [0.717, 1.165) is 23.1 Å². The van der Waals surface area contributed by atoms with Crippen LogP contribution in [0.5, 0.6) is 0 Å². The number of rotatable bonds is 2. The molecule has 3 N–H and O–H groups in total. The molecular weight excluding hydrogens is 340 g/mol. The van der Waals surface area contributed by atoms with E-state index in [9.17, 15) is 15.3 Å². The SMILES string of the molecule is Cc1ccc(Cc2ccc3c(c2)[C@]2(OC3)O[C@H](C)[C@@H](O)[C@H](O)[C@H]2O)s1. The first-order valence-electron chi connectivity index (χ1n) is 8.44. The summed E-state index contributed by atoms with van der Waals surface area (Å²) in [5, 5.41) is 30.8. The van der Waals surface area contributed by atoms with Gasteiger partial charge < -0.3 is 24.8 Å². The molecule has 0 saturated carbocycles. The molecule has 25 heavy (non-hydrogen) atoms. The number of aliphatic hydroxyl groups excluding tert-OH is 3. The molecule has 0 aliphatic carbocycles. The number of thiophene rings is 1. The van der Waals surface area contributed by atoms with Crippen molar-refractivity contribution in [3.05, 3.63) is 56.8 Å². The number of aryl methyl sites for hydroxylation is 1. The molecule has 0 radical (unpaired) electrons. The van der Waals surface area contributed by atoms with Crippen LogP contribution < -0.4 is 0 Å². The van der Waals surface area contributed by atoms with Crippen molar-refractivity contribution in [3.63, 3.8) is 0 Å². The van der Waals surface area contributed by atoms with Gasteiger partial charge in [-0.2, -0.15) is 0 Å². The van der Waals surface area contributed by atoms with Crippen LogP contribution in [0.2, 0.25) is 0 Å². The summed E-state index contributed by atoms with van der Waals surface area (Å²) in [5.41, 5.74) is 2.76. The Hall–Kier alpha value is -1.28. The van der Waals surface area contributed by atoms with Gasteiger partial charge in [0.05, 0.1) is 12.7 Å². The van der Waals surface area contributed by atoms with Crippen LogP contribution in [0.1, 0.15) is 33.4 Å². The molecule has 0 bridgehead atoms. The summed E-state index contributed by atoms with van der Waals surface area (Å²) in [6.45, 7) is 4.06. The maximum absolute atomic E-state index is 10.6. The summed E-state index contributed by atoms with van der Waals surface area (Å²) in [5.74, 6) is -1.42. The monoisotopic (exact) mass is 362 g/mol. The predicted octanol–water partition coefficient (Wildman–Crippen LogP) is 1.83. The van der Waals surface area contributed by atoms with E-state index in [1.807, 2.05) is 12.1 Å². The standard InChI is InChI=1S/C19H22O5S/c1-10-3-6-14(25-10)7-12-4-5-13-9-23-19(15(13)8-12)18(22)17(21)16(20)11(2)24-19/h3-6,8,11,16-18,20-22H,7,9H2,1-2H3/t11-,16-,17+,18-,19+/m1/s1. The minimum atomic E-state index is -1.42. The number of aliphatic hydroxyl groups is 3. The zero-order valence-electron chi connectivity index (χ0n) is 14.2. The third-order valence-corrected chi connectivity index (χ3v) is 6.07. The Balaban J connectivity index is 1.70. The van der Waals surface area contributed by atoms with E-state index in [0.29, 0.717) is 6.61 Å². The van der Waals surface area contributed by atoms with E-state index in [-0.39, 0.29) is 0 Å². The highest BCUT2D eigenvalue weighted by molar-refractivity contribution is 7.11. The largest absolute Gasteiger partial charge is 0.388 e. The van der Waals surface area contributed by atoms with Crippen molar-refractivity contribution >= 4 is 11.3 Å². The van der Waals surface area contributed by atoms with Gasteiger partial charge in [-0.05, 0) is 43.2 Å². The second-order valence-electron chi connectivity index (χ2n) is 6.89. The lowest BCUT2D eigenvalue weighted by molar-refractivity contribution is -0.362. The molecular formula is C19H22O5S. The van der Waals surface area contributed by atoms with Gasteiger partial charge in [0.25, 0.3) is 0 Å². The normalized spacial score (nSPS) is 34.4. The molecule has 1 fully saturated rings. The van der Waals surface area contributed by atoms with Gasteiger partial charge in [-0.3, -0.25) is 0 Å². The highest BCUT2D eigenvalue weighted by Crippen LogP contribution is 2.46. The van der Waals surface area contributed by atoms with Gasteiger partial charge in [0, 0.05) is 21.7 Å². The zero-order valence-corrected chi connectivity index (χ0v) is 15.0. The highest BCUT2D eigenvalue weighted by Gasteiger charge is 2.57. The van der Waals surface area contributed by atoms with E-state index >= 15 is 0 Å². The van der Waals surface area contributed by atoms with Crippen LogP contribution in [0.3, 0.4) is 0 Å². The average molecular weight is 362 g/mol. The molecule has 3 heterocycles. The fourth-order valence-electron chi connectivity index (χ4n) is 3.67. The lowest BCUT2D eigenvalue weighted by atomic mass is 9.87. The summed E-state index contributed by atoms with van der Waals surface area (Å²) in [4.78, 5) is 2.53. The Kier molecular flexibility index (Phi) is 4.22. The van der Waals surface area contributed by atoms with E-state index in [1.165, 1.54) is 9.75 Å². The molecule has 5 atom stereocenters. The van der Waals surface area contributed by atoms with Crippen LogP contribution in [-0.4, -0.2) is 39.7 Å². The molecule has 2 aromatic rings. The van der Waals surface area contributed by atoms with Gasteiger partial charge in [-0.15, -0.1) is 11.3 Å². The van der Waals surface area contributed by atoms with Gasteiger partial charge in [0.15, 0.2) is 0 Å². The molecule has 0 amide bonds. The highest BCUT2D eigenvalue weighted by atomic mass is 32.1. The van der Waals surface area contributed by atoms with Crippen molar-refractivity contribution in [2.24, 2.45) is 0 Å². The van der Waals surface area contributed by atoms with Crippen LogP contribution in [0.25, 0.3) is 0 Å². The van der Waals surface area contributed by atoms with Crippen LogP contribution in [0.4, 0.5) is 0 Å². The predicted molar refractivity (Wildman–Crippen MR) is 93.3 cm³/mol. The van der Waals surface area contributed by atoms with E-state index in [1.54, 1.807) is 18.3 Å². The minimum absolute atomic E-state index is 0.306. The van der Waals surface area contributed by atoms with Crippen molar-refractivity contribution in [1.29, 1.82) is 0 Å². The van der Waals surface area contributed by atoms with Crippen molar-refractivity contribution < 1.29 is 24.8 Å². The fourth-order valence-corrected chi connectivity index (χ4v) is 4.60. The van der Waals surface area contributed by atoms with Crippen LogP contribution in [0, 0.1) is 6.92 Å². The summed E-state index contributed by atoms with van der Waals surface area (Å²) in [6.07, 6.45) is -3.67. The molecule has 2 aliphatic rings. The van der Waals surface area contributed by atoms with Crippen LogP contribution in [-0.2, 0) is 28.3 Å². The molecule has 1 saturated heterocycles. The van der Waals surface area contributed by atoms with Crippen molar-refractivity contribution in [1.82, 2.24) is 0 Å². The molecule has 5 nitrogen and oxygen atoms in total. The third-order valence-electron chi connectivity index (χ3n) is 5.07. The Morgan fingerprint density at radius 1 is 1.16 bits per heavy atom. The lowest BCUT2D eigenvalue weighted by Crippen LogP contribution is -2.62. The third kappa shape index (κ3) is 2.73. The number of hydrogen-bond donors (Lipinski definition) is 3. The number of fused-ring (bicyclic) bond motifs is 2. The number of ether oxygens (including phenoxy) is 2. The summed E-state index contributed by atoms with van der Waals surface area (Å²) < 4.78 is 11.7. The topological polar surface area (TPSA) is 79.2 Å². The van der Waals surface area contributed by atoms with Crippen LogP contribution >= 0.6 is 11.3 Å². The average Bonchev–Trinajstić information content (AvgIpc) is 3.16. The second kappa shape index (κ2) is 6.16. The maximum atomic E-state index is 10.6. The molecule has 1 aromatic carbocycles. The molecule has 6 heteroatoms. The number of hydrogen-bond acceptors (Lipinski definition) is 6. The number of benzene rings is 1. The van der Waals surface area contributed by atoms with E-state index in [2.05, 4.69) is 25.1 Å². The molecule has 2 aliphatic heterocycles. The Morgan fingerprint density at radius 3 is 2.68 bits per heavy atom. The Labute approximate surface area is 150 Å². The van der Waals surface area contributed by atoms with Gasteiger partial charge >= 0.3 is 0 Å². The summed E-state index contributed by atoms with van der Waals surface area (Å²) >= 11 is 1.76. The van der Waals surface area contributed by atoms with E-state index in [4.69, 9.17) is 9.47 Å². The first kappa shape index (κ1) is 17.1. The van der Waals surface area contributed by atoms with Gasteiger partial charge in [0.2, 0.25) is 5.79 Å². The molecule has 134 valence electrons. The van der Waals surface area contributed by atoms with Gasteiger partial charge in [-0.1, -0.05) is 12.1 Å². The summed E-state index contributed by atoms with van der Waals surface area (Å²) in [7, 11) is 0. The van der Waals surface area contributed by atoms with Crippen molar-refractivity contribution in [2.45, 2.75) is 57.1 Å². The Bertz CT molecular complexity index is 788. The van der Waals surface area contributed by atoms with E-state index < -0.39 is 30.2 Å². The van der Waals surface area contributed by atoms with Crippen LogP contribution in [0.15, 0.2) is 30.3 Å². The first-order valence-corrected chi connectivity index (χ1v) is 9.26. The first-order chi connectivity index (χ1) is 11.9. The molecule has 4 rings (SSSR count). The molecule has 0 unspecified atom stereocenters. The Morgan fingerprint density at radius 2 is 1.96 bits per heavy atom. The van der Waals surface area contributed by atoms with Gasteiger partial charge in [-0.25, -0.2) is 0 Å². The molecule has 1 spiro atoms. The molecule has 1 aromatic heterocycles. The quantitative estimate of drug-likeness (QED) is 0.760. The second-order valence-corrected chi connectivity index (χ2v) is 8.26. The fraction of sp³-hybridized carbons (Fsp3) is 0.474. The summed E-state index contributed by atoms with van der Waals surface area (Å²) in [6, 6.07) is 10.2. The minimum Gasteiger partial charge on any atom is -0.388 e. The van der Waals surface area contributed by atoms with Gasteiger partial charge in [0.1, 0.15) is 18.3 Å². The van der Waals surface area contributed by atoms with Crippen molar-refractivity contribution in [3.8, 4) is 0 Å². The lowest BCUT2D eigenvalue weighted by Gasteiger charge is -2.45. The smallest absolute Gasteiger partial charge is 0.225 e.